The fraction of sp³-hybridized carbons (Fsp3) is 0. The molecule has 0 atom stereocenters. The Hall–Kier alpha value is -4.30. The molecule has 0 aliphatic rings. The van der Waals surface area contributed by atoms with Crippen LogP contribution in [0.3, 0.4) is 0 Å². The number of aromatic hydroxyl groups is 1. The van der Waals surface area contributed by atoms with Crippen molar-refractivity contribution in [2.24, 2.45) is 10.2 Å². The number of benzene rings is 4. The second-order valence-electron chi connectivity index (χ2n) is 7.09. The molecule has 0 amide bonds. The van der Waals surface area contributed by atoms with E-state index in [1.807, 2.05) is 36.4 Å². The summed E-state index contributed by atoms with van der Waals surface area (Å²) in [6, 6.07) is 20.7. The number of phenols is 1. The Bertz CT molecular complexity index is 1490. The van der Waals surface area contributed by atoms with Crippen molar-refractivity contribution in [2.45, 2.75) is 0 Å². The van der Waals surface area contributed by atoms with Gasteiger partial charge in [-0.3, -0.25) is 10.1 Å². The molecule has 4 aromatic carbocycles. The Balaban J connectivity index is 1.54. The highest BCUT2D eigenvalue weighted by molar-refractivity contribution is 6.30. The van der Waals surface area contributed by atoms with E-state index in [0.29, 0.717) is 17.1 Å². The summed E-state index contributed by atoms with van der Waals surface area (Å²) >= 11 is 5.84. The van der Waals surface area contributed by atoms with Crippen LogP contribution >= 0.6 is 11.6 Å². The van der Waals surface area contributed by atoms with Gasteiger partial charge in [0, 0.05) is 11.1 Å². The smallest absolute Gasteiger partial charge is 0.298 e. The second-order valence-corrected chi connectivity index (χ2v) is 7.53. The van der Waals surface area contributed by atoms with E-state index in [9.17, 15) is 15.2 Å². The van der Waals surface area contributed by atoms with E-state index in [1.165, 1.54) is 24.3 Å². The summed E-state index contributed by atoms with van der Waals surface area (Å²) in [5.41, 5.74) is 2.26. The minimum Gasteiger partial charge on any atom is -0.507 e. The first kappa shape index (κ1) is 19.7. The van der Waals surface area contributed by atoms with Crippen LogP contribution in [0, 0.1) is 10.1 Å². The van der Waals surface area contributed by atoms with Crippen molar-refractivity contribution in [2.75, 3.05) is 0 Å². The van der Waals surface area contributed by atoms with Crippen LogP contribution in [0.15, 0.2) is 83.0 Å². The van der Waals surface area contributed by atoms with Crippen molar-refractivity contribution in [3.8, 4) is 17.1 Å². The molecule has 0 aliphatic heterocycles. The molecule has 5 aromatic rings. The summed E-state index contributed by atoms with van der Waals surface area (Å²) in [5, 5.41) is 32.1. The highest BCUT2D eigenvalue weighted by Crippen LogP contribution is 2.35. The Morgan fingerprint density at radius 1 is 0.969 bits per heavy atom. The van der Waals surface area contributed by atoms with E-state index in [4.69, 9.17) is 11.6 Å². The van der Waals surface area contributed by atoms with E-state index in [2.05, 4.69) is 20.2 Å². The number of nitrogens with one attached hydrogen (secondary N) is 1. The molecular formula is C23H14ClN5O3. The zero-order valence-corrected chi connectivity index (χ0v) is 17.1. The molecule has 0 radical (unpaired) electrons. The van der Waals surface area contributed by atoms with Crippen molar-refractivity contribution >= 4 is 50.5 Å². The van der Waals surface area contributed by atoms with E-state index in [0.717, 1.165) is 21.8 Å². The van der Waals surface area contributed by atoms with Gasteiger partial charge in [-0.15, -0.1) is 5.11 Å². The number of halogens is 1. The third-order valence-electron chi connectivity index (χ3n) is 4.99. The maximum absolute atomic E-state index is 11.2. The summed E-state index contributed by atoms with van der Waals surface area (Å²) < 4.78 is 0. The molecule has 0 spiro atoms. The number of nitrogens with zero attached hydrogens (tertiary/aromatic N) is 4. The molecule has 2 N–H and O–H groups in total. The zero-order chi connectivity index (χ0) is 22.2. The number of hydrogen-bond donors (Lipinski definition) is 2. The van der Waals surface area contributed by atoms with Crippen LogP contribution in [0.1, 0.15) is 0 Å². The minimum absolute atomic E-state index is 0.0186. The number of aromatic nitrogens is 2. The first-order valence-corrected chi connectivity index (χ1v) is 9.93. The second kappa shape index (κ2) is 7.75. The van der Waals surface area contributed by atoms with E-state index < -0.39 is 4.92 Å². The van der Waals surface area contributed by atoms with E-state index >= 15 is 0 Å². The molecule has 156 valence electrons. The number of aromatic amines is 1. The summed E-state index contributed by atoms with van der Waals surface area (Å²) in [5.74, 6) is 0.493. The largest absolute Gasteiger partial charge is 0.507 e. The monoisotopic (exact) mass is 443 g/mol. The highest BCUT2D eigenvalue weighted by Gasteiger charge is 2.15. The first-order chi connectivity index (χ1) is 15.5. The van der Waals surface area contributed by atoms with Crippen molar-refractivity contribution < 1.29 is 10.0 Å². The summed E-state index contributed by atoms with van der Waals surface area (Å²) in [4.78, 5) is 18.5. The van der Waals surface area contributed by atoms with Gasteiger partial charge in [-0.2, -0.15) is 5.11 Å². The molecule has 0 bridgehead atoms. The quantitative estimate of drug-likeness (QED) is 0.175. The van der Waals surface area contributed by atoms with Gasteiger partial charge in [0.2, 0.25) is 0 Å². The maximum atomic E-state index is 11.2. The molecule has 0 saturated carbocycles. The standard InChI is InChI=1S/C23H14ClN5O3/c24-15-5-7-18(21(11-15)29(31)32)28-27-16-6-8-22(30)17(12-16)23-25-19-9-13-3-1-2-4-14(13)10-20(19)26-23/h1-12,30H,(H,25,26). The summed E-state index contributed by atoms with van der Waals surface area (Å²) in [7, 11) is 0. The topological polar surface area (TPSA) is 117 Å². The van der Waals surface area contributed by atoms with E-state index in [-0.39, 0.29) is 22.1 Å². The van der Waals surface area contributed by atoms with Crippen molar-refractivity contribution in [3.05, 3.63) is 87.9 Å². The van der Waals surface area contributed by atoms with Crippen LogP contribution in [0.4, 0.5) is 17.1 Å². The molecular weight excluding hydrogens is 430 g/mol. The minimum atomic E-state index is -0.569. The number of hydrogen-bond acceptors (Lipinski definition) is 6. The molecule has 1 aromatic heterocycles. The number of H-pyrrole nitrogens is 1. The number of imidazole rings is 1. The van der Waals surface area contributed by atoms with Gasteiger partial charge < -0.3 is 10.1 Å². The highest BCUT2D eigenvalue weighted by atomic mass is 35.5. The lowest BCUT2D eigenvalue weighted by molar-refractivity contribution is -0.384. The Morgan fingerprint density at radius 3 is 2.53 bits per heavy atom. The van der Waals surface area contributed by atoms with Crippen LogP contribution in [0.25, 0.3) is 33.2 Å². The van der Waals surface area contributed by atoms with Crippen molar-refractivity contribution in [1.82, 2.24) is 9.97 Å². The number of nitro groups is 1. The zero-order valence-electron chi connectivity index (χ0n) is 16.4. The molecule has 32 heavy (non-hydrogen) atoms. The van der Waals surface area contributed by atoms with Crippen molar-refractivity contribution in [3.63, 3.8) is 0 Å². The van der Waals surface area contributed by atoms with Crippen molar-refractivity contribution in [1.29, 1.82) is 0 Å². The number of rotatable bonds is 4. The Labute approximate surface area is 186 Å². The van der Waals surface area contributed by atoms with Gasteiger partial charge >= 0.3 is 0 Å². The predicted molar refractivity (Wildman–Crippen MR) is 123 cm³/mol. The molecule has 0 aliphatic carbocycles. The van der Waals surface area contributed by atoms with Gasteiger partial charge in [0.25, 0.3) is 5.69 Å². The fourth-order valence-corrected chi connectivity index (χ4v) is 3.61. The van der Waals surface area contributed by atoms with E-state index in [1.54, 1.807) is 12.1 Å². The third kappa shape index (κ3) is 3.63. The summed E-state index contributed by atoms with van der Waals surface area (Å²) in [6.07, 6.45) is 0. The average molecular weight is 444 g/mol. The average Bonchev–Trinajstić information content (AvgIpc) is 3.20. The lowest BCUT2D eigenvalue weighted by Crippen LogP contribution is -1.87. The van der Waals surface area contributed by atoms with Gasteiger partial charge in [-0.1, -0.05) is 35.9 Å². The molecule has 8 nitrogen and oxygen atoms in total. The molecule has 5 rings (SSSR count). The van der Waals surface area contributed by atoms with Crippen LogP contribution < -0.4 is 0 Å². The molecule has 0 saturated heterocycles. The molecule has 0 unspecified atom stereocenters. The van der Waals surface area contributed by atoms with Crippen LogP contribution in [0.2, 0.25) is 5.02 Å². The lowest BCUT2D eigenvalue weighted by atomic mass is 10.1. The van der Waals surface area contributed by atoms with Gasteiger partial charge in [-0.25, -0.2) is 4.98 Å². The van der Waals surface area contributed by atoms with Crippen LogP contribution in [-0.4, -0.2) is 20.0 Å². The number of nitro benzene ring substituents is 1. The van der Waals surface area contributed by atoms with Crippen LogP contribution in [-0.2, 0) is 0 Å². The third-order valence-corrected chi connectivity index (χ3v) is 5.23. The predicted octanol–water partition coefficient (Wildman–Crippen LogP) is 7.07. The maximum Gasteiger partial charge on any atom is 0.298 e. The van der Waals surface area contributed by atoms with Gasteiger partial charge in [-0.05, 0) is 53.2 Å². The fourth-order valence-electron chi connectivity index (χ4n) is 3.44. The number of phenolic OH excluding ortho intramolecular Hbond substituents is 1. The molecule has 0 fully saturated rings. The SMILES string of the molecule is O=[N+]([O-])c1cc(Cl)ccc1N=Nc1ccc(O)c(-c2nc3cc4ccccc4cc3[nH]2)c1. The molecule has 1 heterocycles. The molecule has 9 heteroatoms. The van der Waals surface area contributed by atoms with Crippen LogP contribution in [0.5, 0.6) is 5.75 Å². The number of azo groups is 1. The Morgan fingerprint density at radius 2 is 1.75 bits per heavy atom. The first-order valence-electron chi connectivity index (χ1n) is 9.55. The summed E-state index contributed by atoms with van der Waals surface area (Å²) in [6.45, 7) is 0. The lowest BCUT2D eigenvalue weighted by Gasteiger charge is -2.02. The normalized spacial score (nSPS) is 11.5. The Kier molecular flexibility index (Phi) is 4.76. The van der Waals surface area contributed by atoms with Gasteiger partial charge in [0.1, 0.15) is 11.6 Å². The van der Waals surface area contributed by atoms with Gasteiger partial charge in [0.05, 0.1) is 27.2 Å². The van der Waals surface area contributed by atoms with Gasteiger partial charge in [0.15, 0.2) is 5.69 Å². The number of fused-ring (bicyclic) bond motifs is 2.